The molecule has 1 aliphatic carbocycles. The molecule has 0 atom stereocenters. The van der Waals surface area contributed by atoms with Crippen LogP contribution in [0.1, 0.15) is 25.0 Å². The van der Waals surface area contributed by atoms with Crippen LogP contribution in [0, 0.1) is 0 Å². The van der Waals surface area contributed by atoms with Crippen LogP contribution in [0.5, 0.6) is 11.5 Å². The Morgan fingerprint density at radius 1 is 0.346 bits per heavy atom. The number of benzene rings is 9. The highest BCUT2D eigenvalue weighted by Gasteiger charge is 2.36. The predicted octanol–water partition coefficient (Wildman–Crippen LogP) is 14.2. The van der Waals surface area contributed by atoms with Crippen LogP contribution in [0.3, 0.4) is 0 Å². The standard InChI is InChI=1S/C51H34O/c1-51(2)46-29-35(20-21-41(46)45-27-32-13-6-7-14-33(32)28-47(45)51)36-23-24-39(38-16-9-8-15-37(36)38)40-25-26-48-50-43(40)17-10-18-44(50)42-22-19-34(30-49(42)52-48)31-11-4-3-5-12-31/h3-30H,1-2H3. The molecule has 1 heteroatoms. The topological polar surface area (TPSA) is 9.23 Å². The van der Waals surface area contributed by atoms with Crippen LogP contribution in [0.2, 0.25) is 0 Å². The molecule has 0 saturated carbocycles. The van der Waals surface area contributed by atoms with Crippen molar-refractivity contribution in [2.24, 2.45) is 0 Å². The molecular formula is C51H34O. The van der Waals surface area contributed by atoms with E-state index in [1.165, 1.54) is 88.0 Å². The van der Waals surface area contributed by atoms with Crippen molar-refractivity contribution in [2.75, 3.05) is 0 Å². The van der Waals surface area contributed by atoms with E-state index in [4.69, 9.17) is 4.74 Å². The molecule has 0 aromatic heterocycles. The van der Waals surface area contributed by atoms with Crippen molar-refractivity contribution < 1.29 is 4.74 Å². The van der Waals surface area contributed by atoms with Gasteiger partial charge in [0.15, 0.2) is 0 Å². The number of rotatable bonds is 3. The zero-order valence-electron chi connectivity index (χ0n) is 29.1. The van der Waals surface area contributed by atoms with Crippen LogP contribution in [0.4, 0.5) is 0 Å². The lowest BCUT2D eigenvalue weighted by atomic mass is 9.80. The van der Waals surface area contributed by atoms with Crippen molar-refractivity contribution >= 4 is 32.3 Å². The molecule has 11 rings (SSSR count). The van der Waals surface area contributed by atoms with E-state index in [9.17, 15) is 0 Å². The summed E-state index contributed by atoms with van der Waals surface area (Å²) in [5.74, 6) is 1.81. The van der Waals surface area contributed by atoms with Crippen LogP contribution in [-0.2, 0) is 5.41 Å². The molecule has 0 fully saturated rings. The Morgan fingerprint density at radius 2 is 0.962 bits per heavy atom. The second kappa shape index (κ2) is 10.8. The minimum atomic E-state index is -0.0897. The Kier molecular flexibility index (Phi) is 6.08. The molecule has 0 N–H and O–H groups in total. The highest BCUT2D eigenvalue weighted by Crippen LogP contribution is 2.53. The minimum Gasteiger partial charge on any atom is -0.456 e. The first-order valence-corrected chi connectivity index (χ1v) is 18.2. The molecule has 9 aromatic carbocycles. The van der Waals surface area contributed by atoms with Crippen molar-refractivity contribution in [3.05, 3.63) is 181 Å². The molecular weight excluding hydrogens is 629 g/mol. The van der Waals surface area contributed by atoms with Gasteiger partial charge in [-0.15, -0.1) is 0 Å². The Balaban J connectivity index is 1.04. The van der Waals surface area contributed by atoms with Gasteiger partial charge in [-0.3, -0.25) is 0 Å². The molecule has 0 radical (unpaired) electrons. The van der Waals surface area contributed by atoms with Gasteiger partial charge in [-0.05, 0) is 125 Å². The smallest absolute Gasteiger partial charge is 0.135 e. The van der Waals surface area contributed by atoms with Crippen LogP contribution in [0.15, 0.2) is 170 Å². The summed E-state index contributed by atoms with van der Waals surface area (Å²) >= 11 is 0. The Morgan fingerprint density at radius 3 is 1.81 bits per heavy atom. The summed E-state index contributed by atoms with van der Waals surface area (Å²) in [6, 6.07) is 62.3. The van der Waals surface area contributed by atoms with Gasteiger partial charge in [0.1, 0.15) is 11.5 Å². The normalized spacial score (nSPS) is 13.5. The second-order valence-corrected chi connectivity index (χ2v) is 14.9. The highest BCUT2D eigenvalue weighted by atomic mass is 16.5. The largest absolute Gasteiger partial charge is 0.456 e. The summed E-state index contributed by atoms with van der Waals surface area (Å²) in [5.41, 5.74) is 15.1. The quantitative estimate of drug-likeness (QED) is 0.183. The lowest BCUT2D eigenvalue weighted by Gasteiger charge is -2.24. The summed E-state index contributed by atoms with van der Waals surface area (Å²) in [7, 11) is 0. The molecule has 0 bridgehead atoms. The highest BCUT2D eigenvalue weighted by molar-refractivity contribution is 6.14. The van der Waals surface area contributed by atoms with E-state index in [1.54, 1.807) is 0 Å². The third kappa shape index (κ3) is 4.17. The van der Waals surface area contributed by atoms with Crippen LogP contribution >= 0.6 is 0 Å². The molecule has 1 heterocycles. The minimum absolute atomic E-state index is 0.0897. The number of ether oxygens (including phenoxy) is 1. The third-order valence-electron chi connectivity index (χ3n) is 11.7. The molecule has 244 valence electrons. The molecule has 2 aliphatic rings. The van der Waals surface area contributed by atoms with Gasteiger partial charge in [0.25, 0.3) is 0 Å². The maximum Gasteiger partial charge on any atom is 0.135 e. The van der Waals surface area contributed by atoms with Gasteiger partial charge in [0.05, 0.1) is 0 Å². The van der Waals surface area contributed by atoms with E-state index >= 15 is 0 Å². The molecule has 9 aromatic rings. The summed E-state index contributed by atoms with van der Waals surface area (Å²) in [6.07, 6.45) is 0. The van der Waals surface area contributed by atoms with Crippen molar-refractivity contribution in [1.29, 1.82) is 0 Å². The van der Waals surface area contributed by atoms with E-state index < -0.39 is 0 Å². The summed E-state index contributed by atoms with van der Waals surface area (Å²) in [5, 5.41) is 7.48. The third-order valence-corrected chi connectivity index (χ3v) is 11.7. The van der Waals surface area contributed by atoms with Crippen molar-refractivity contribution in [3.8, 4) is 67.1 Å². The average Bonchev–Trinajstić information content (AvgIpc) is 3.41. The first-order chi connectivity index (χ1) is 25.5. The fourth-order valence-electron chi connectivity index (χ4n) is 9.05. The predicted molar refractivity (Wildman–Crippen MR) is 218 cm³/mol. The number of hydrogen-bond donors (Lipinski definition) is 0. The zero-order valence-corrected chi connectivity index (χ0v) is 29.1. The molecule has 0 spiro atoms. The van der Waals surface area contributed by atoms with Gasteiger partial charge in [0.2, 0.25) is 0 Å². The van der Waals surface area contributed by atoms with Crippen molar-refractivity contribution in [2.45, 2.75) is 19.3 Å². The monoisotopic (exact) mass is 662 g/mol. The van der Waals surface area contributed by atoms with E-state index in [2.05, 4.69) is 184 Å². The molecule has 52 heavy (non-hydrogen) atoms. The van der Waals surface area contributed by atoms with Crippen LogP contribution in [-0.4, -0.2) is 0 Å². The maximum absolute atomic E-state index is 6.67. The number of fused-ring (bicyclic) bond motifs is 7. The van der Waals surface area contributed by atoms with Crippen molar-refractivity contribution in [1.82, 2.24) is 0 Å². The lowest BCUT2D eigenvalue weighted by Crippen LogP contribution is -2.15. The molecule has 0 amide bonds. The first kappa shape index (κ1) is 29.3. The van der Waals surface area contributed by atoms with Gasteiger partial charge in [-0.1, -0.05) is 147 Å². The van der Waals surface area contributed by atoms with Crippen LogP contribution < -0.4 is 4.74 Å². The summed E-state index contributed by atoms with van der Waals surface area (Å²) in [4.78, 5) is 0. The van der Waals surface area contributed by atoms with E-state index in [-0.39, 0.29) is 5.41 Å². The van der Waals surface area contributed by atoms with Crippen molar-refractivity contribution in [3.63, 3.8) is 0 Å². The van der Waals surface area contributed by atoms with Gasteiger partial charge >= 0.3 is 0 Å². The zero-order chi connectivity index (χ0) is 34.6. The Hall–Kier alpha value is -6.44. The van der Waals surface area contributed by atoms with Gasteiger partial charge in [-0.25, -0.2) is 0 Å². The van der Waals surface area contributed by atoms with E-state index in [1.807, 2.05) is 0 Å². The average molecular weight is 663 g/mol. The maximum atomic E-state index is 6.67. The first-order valence-electron chi connectivity index (χ1n) is 18.2. The second-order valence-electron chi connectivity index (χ2n) is 14.9. The summed E-state index contributed by atoms with van der Waals surface area (Å²) < 4.78 is 6.67. The van der Waals surface area contributed by atoms with E-state index in [0.29, 0.717) is 0 Å². The van der Waals surface area contributed by atoms with Gasteiger partial charge < -0.3 is 4.74 Å². The van der Waals surface area contributed by atoms with Gasteiger partial charge in [-0.2, -0.15) is 0 Å². The molecule has 0 unspecified atom stereocenters. The van der Waals surface area contributed by atoms with Crippen LogP contribution in [0.25, 0.3) is 88.0 Å². The lowest BCUT2D eigenvalue weighted by molar-refractivity contribution is 0.487. The fourth-order valence-corrected chi connectivity index (χ4v) is 9.05. The SMILES string of the molecule is CC1(C)c2cc(-c3ccc(-c4ccc5c6c(cccc46)-c4ccc(-c6ccccc6)cc4O5)c4ccccc34)ccc2-c2cc3ccccc3cc21. The molecule has 1 nitrogen and oxygen atoms in total. The Labute approximate surface area is 303 Å². The van der Waals surface area contributed by atoms with Gasteiger partial charge in [0, 0.05) is 16.4 Å². The molecule has 1 aliphatic heterocycles. The number of hydrogen-bond acceptors (Lipinski definition) is 1. The fraction of sp³-hybridized carbons (Fsp3) is 0.0588. The Bertz CT molecular complexity index is 2950. The van der Waals surface area contributed by atoms with E-state index in [0.717, 1.165) is 22.6 Å². The molecule has 0 saturated heterocycles. The summed E-state index contributed by atoms with van der Waals surface area (Å²) in [6.45, 7) is 4.75.